The zero-order valence-corrected chi connectivity index (χ0v) is 19.7. The highest BCUT2D eigenvalue weighted by molar-refractivity contribution is 5.87. The van der Waals surface area contributed by atoms with Crippen LogP contribution in [-0.2, 0) is 7.05 Å². The van der Waals surface area contributed by atoms with Crippen LogP contribution in [0, 0.1) is 29.2 Å². The van der Waals surface area contributed by atoms with E-state index in [9.17, 15) is 5.26 Å². The number of rotatable bonds is 3. The highest BCUT2D eigenvalue weighted by Crippen LogP contribution is 2.41. The Balaban J connectivity index is 1.30. The summed E-state index contributed by atoms with van der Waals surface area (Å²) in [4.78, 5) is 9.32. The van der Waals surface area contributed by atoms with Gasteiger partial charge >= 0.3 is 0 Å². The SMILES string of the molecule is C#CN1CCC2(CCN(c3ccc(-c4cc(-c5cnn(C)c5)cn5ncc(C#N)c45)cn3)CC2)C1. The van der Waals surface area contributed by atoms with Crippen LogP contribution in [0.1, 0.15) is 24.8 Å². The fraction of sp³-hybridized carbons (Fsp3) is 0.333. The van der Waals surface area contributed by atoms with Crippen LogP contribution in [0.15, 0.2) is 49.2 Å². The van der Waals surface area contributed by atoms with Crippen molar-refractivity contribution in [2.24, 2.45) is 12.5 Å². The summed E-state index contributed by atoms with van der Waals surface area (Å²) in [7, 11) is 1.90. The van der Waals surface area contributed by atoms with Crippen molar-refractivity contribution >= 4 is 11.3 Å². The minimum Gasteiger partial charge on any atom is -0.357 e. The number of nitriles is 1. The first-order valence-corrected chi connectivity index (χ1v) is 11.9. The molecule has 1 spiro atoms. The van der Waals surface area contributed by atoms with Gasteiger partial charge in [-0.2, -0.15) is 15.5 Å². The molecule has 0 aromatic carbocycles. The van der Waals surface area contributed by atoms with Crippen molar-refractivity contribution in [2.75, 3.05) is 31.1 Å². The fourth-order valence-corrected chi connectivity index (χ4v) is 5.55. The molecule has 0 radical (unpaired) electrons. The second-order valence-corrected chi connectivity index (χ2v) is 9.70. The summed E-state index contributed by atoms with van der Waals surface area (Å²) in [6.07, 6.45) is 18.4. The Morgan fingerprint density at radius 1 is 0.971 bits per heavy atom. The predicted molar refractivity (Wildman–Crippen MR) is 134 cm³/mol. The number of terminal acetylenes is 1. The van der Waals surface area contributed by atoms with E-state index in [0.29, 0.717) is 11.0 Å². The van der Waals surface area contributed by atoms with Gasteiger partial charge in [0.1, 0.15) is 11.9 Å². The van der Waals surface area contributed by atoms with Gasteiger partial charge < -0.3 is 9.80 Å². The van der Waals surface area contributed by atoms with Crippen molar-refractivity contribution in [3.05, 3.63) is 54.7 Å². The maximum atomic E-state index is 9.67. The van der Waals surface area contributed by atoms with E-state index in [1.807, 2.05) is 31.8 Å². The molecule has 174 valence electrons. The lowest BCUT2D eigenvalue weighted by Crippen LogP contribution is -2.41. The van der Waals surface area contributed by atoms with Crippen LogP contribution in [0.4, 0.5) is 5.82 Å². The zero-order valence-electron chi connectivity index (χ0n) is 19.7. The van der Waals surface area contributed by atoms with Crippen LogP contribution in [0.25, 0.3) is 27.8 Å². The first-order valence-electron chi connectivity index (χ1n) is 11.9. The third-order valence-corrected chi connectivity index (χ3v) is 7.60. The maximum Gasteiger partial charge on any atom is 0.128 e. The summed E-state index contributed by atoms with van der Waals surface area (Å²) in [5.41, 5.74) is 5.54. The molecule has 0 saturated carbocycles. The second kappa shape index (κ2) is 8.18. The van der Waals surface area contributed by atoms with Gasteiger partial charge in [0.25, 0.3) is 0 Å². The summed E-state index contributed by atoms with van der Waals surface area (Å²) in [6, 6.07) is 11.4. The largest absolute Gasteiger partial charge is 0.357 e. The van der Waals surface area contributed by atoms with Crippen LogP contribution in [0.3, 0.4) is 0 Å². The lowest BCUT2D eigenvalue weighted by molar-refractivity contribution is 0.230. The minimum absolute atomic E-state index is 0.358. The van der Waals surface area contributed by atoms with Gasteiger partial charge in [0.05, 0.1) is 23.5 Å². The maximum absolute atomic E-state index is 9.67. The fourth-order valence-electron chi connectivity index (χ4n) is 5.55. The average Bonchev–Trinajstić information content (AvgIpc) is 3.62. The number of hydrogen-bond donors (Lipinski definition) is 0. The number of hydrogen-bond acceptors (Lipinski definition) is 6. The van der Waals surface area contributed by atoms with E-state index in [4.69, 9.17) is 11.4 Å². The first kappa shape index (κ1) is 21.2. The van der Waals surface area contributed by atoms with Gasteiger partial charge in [-0.3, -0.25) is 4.68 Å². The van der Waals surface area contributed by atoms with Gasteiger partial charge in [0.2, 0.25) is 0 Å². The molecule has 0 N–H and O–H groups in total. The smallest absolute Gasteiger partial charge is 0.128 e. The van der Waals surface area contributed by atoms with Gasteiger partial charge in [-0.25, -0.2) is 9.50 Å². The van der Waals surface area contributed by atoms with E-state index in [0.717, 1.165) is 72.6 Å². The molecule has 4 aromatic rings. The predicted octanol–water partition coefficient (Wildman–Crippen LogP) is 3.55. The van der Waals surface area contributed by atoms with E-state index in [1.165, 1.54) is 6.42 Å². The Labute approximate surface area is 204 Å². The molecule has 2 saturated heterocycles. The number of piperidine rings is 1. The molecule has 2 aliphatic rings. The second-order valence-electron chi connectivity index (χ2n) is 9.70. The Bertz CT molecular complexity index is 1470. The molecule has 35 heavy (non-hydrogen) atoms. The van der Waals surface area contributed by atoms with Gasteiger partial charge in [0, 0.05) is 80.1 Å². The normalized spacial score (nSPS) is 17.1. The van der Waals surface area contributed by atoms with Crippen molar-refractivity contribution in [3.63, 3.8) is 0 Å². The standard InChI is InChI=1S/C27H26N8/c1-3-33-9-6-27(19-33)7-10-34(11-8-27)25-5-4-20(14-29-25)24-12-21(23-16-30-32(2)17-23)18-35-26(24)22(13-28)15-31-35/h1,4-5,12,14-18H,6-11,19H2,2H3. The minimum atomic E-state index is 0.358. The summed E-state index contributed by atoms with van der Waals surface area (Å²) >= 11 is 0. The van der Waals surface area contributed by atoms with Crippen molar-refractivity contribution < 1.29 is 0 Å². The number of aromatic nitrogens is 5. The quantitative estimate of drug-likeness (QED) is 0.433. The van der Waals surface area contributed by atoms with E-state index in [-0.39, 0.29) is 0 Å². The van der Waals surface area contributed by atoms with Crippen LogP contribution in [-0.4, -0.2) is 55.5 Å². The Morgan fingerprint density at radius 2 is 1.80 bits per heavy atom. The van der Waals surface area contributed by atoms with Crippen LogP contribution in [0.5, 0.6) is 0 Å². The number of pyridine rings is 2. The Hall–Kier alpha value is -4.30. The topological polar surface area (TPSA) is 78.3 Å². The third kappa shape index (κ3) is 3.68. The molecule has 0 bridgehead atoms. The molecule has 2 fully saturated rings. The molecule has 8 nitrogen and oxygen atoms in total. The average molecular weight is 463 g/mol. The Morgan fingerprint density at radius 3 is 2.46 bits per heavy atom. The summed E-state index contributed by atoms with van der Waals surface area (Å²) in [5.74, 6) is 0.990. The van der Waals surface area contributed by atoms with Crippen LogP contribution < -0.4 is 4.90 Å². The summed E-state index contributed by atoms with van der Waals surface area (Å²) in [6.45, 7) is 4.01. The number of nitrogens with zero attached hydrogens (tertiary/aromatic N) is 8. The lowest BCUT2D eigenvalue weighted by atomic mass is 9.78. The van der Waals surface area contributed by atoms with Gasteiger partial charge in [0.15, 0.2) is 0 Å². The number of fused-ring (bicyclic) bond motifs is 1. The molecule has 0 unspecified atom stereocenters. The third-order valence-electron chi connectivity index (χ3n) is 7.60. The molecular weight excluding hydrogens is 436 g/mol. The van der Waals surface area contributed by atoms with E-state index < -0.39 is 0 Å². The molecule has 2 aliphatic heterocycles. The molecule has 4 aromatic heterocycles. The molecule has 6 heterocycles. The molecule has 6 rings (SSSR count). The zero-order chi connectivity index (χ0) is 24.0. The molecule has 0 aliphatic carbocycles. The van der Waals surface area contributed by atoms with E-state index in [2.05, 4.69) is 50.3 Å². The monoisotopic (exact) mass is 462 g/mol. The number of anilines is 1. The first-order chi connectivity index (χ1) is 17.1. The van der Waals surface area contributed by atoms with Crippen molar-refractivity contribution in [1.29, 1.82) is 5.26 Å². The van der Waals surface area contributed by atoms with Crippen LogP contribution in [0.2, 0.25) is 0 Å². The van der Waals surface area contributed by atoms with E-state index >= 15 is 0 Å². The highest BCUT2D eigenvalue weighted by atomic mass is 15.2. The molecular formula is C27H26N8. The van der Waals surface area contributed by atoms with Gasteiger partial charge in [-0.1, -0.05) is 6.42 Å². The highest BCUT2D eigenvalue weighted by Gasteiger charge is 2.40. The van der Waals surface area contributed by atoms with Crippen molar-refractivity contribution in [3.8, 4) is 40.8 Å². The van der Waals surface area contributed by atoms with E-state index in [1.54, 1.807) is 15.4 Å². The summed E-state index contributed by atoms with van der Waals surface area (Å²) < 4.78 is 3.55. The molecule has 8 heteroatoms. The Kier molecular flexibility index (Phi) is 4.96. The summed E-state index contributed by atoms with van der Waals surface area (Å²) in [5, 5.41) is 18.4. The lowest BCUT2D eigenvalue weighted by Gasteiger charge is -2.39. The van der Waals surface area contributed by atoms with Gasteiger partial charge in [-0.05, 0) is 42.9 Å². The number of aryl methyl sites for hydroxylation is 1. The van der Waals surface area contributed by atoms with Crippen molar-refractivity contribution in [1.82, 2.24) is 29.3 Å². The van der Waals surface area contributed by atoms with Gasteiger partial charge in [-0.15, -0.1) is 0 Å². The molecule has 0 atom stereocenters. The van der Waals surface area contributed by atoms with Crippen molar-refractivity contribution in [2.45, 2.75) is 19.3 Å². The van der Waals surface area contributed by atoms with Crippen LogP contribution >= 0.6 is 0 Å². The molecule has 0 amide bonds. The number of likely N-dealkylation sites (tertiary alicyclic amines) is 1.